The monoisotopic (exact) mass is 805 g/mol. The maximum atomic E-state index is 14.9. The first kappa shape index (κ1) is 36.8. The van der Waals surface area contributed by atoms with E-state index in [9.17, 15) is 9.59 Å². The first-order valence-corrected chi connectivity index (χ1v) is 20.3. The number of nitrogens with zero attached hydrogens (tertiary/aromatic N) is 5. The van der Waals surface area contributed by atoms with E-state index in [1.54, 1.807) is 37.5 Å². The van der Waals surface area contributed by atoms with Crippen molar-refractivity contribution in [2.75, 3.05) is 57.0 Å². The molecule has 2 aliphatic heterocycles. The summed E-state index contributed by atoms with van der Waals surface area (Å²) in [5.74, 6) is 0.304. The average molecular weight is 807 g/mol. The van der Waals surface area contributed by atoms with Gasteiger partial charge in [0.2, 0.25) is 0 Å². The van der Waals surface area contributed by atoms with Gasteiger partial charge < -0.3 is 24.7 Å². The van der Waals surface area contributed by atoms with E-state index in [1.165, 1.54) is 25.7 Å². The first-order valence-electron chi connectivity index (χ1n) is 19.2. The molecular formula is C44H42Cl3N7O2. The molecule has 12 heteroatoms. The lowest BCUT2D eigenvalue weighted by Gasteiger charge is -2.38. The molecule has 0 spiro atoms. The van der Waals surface area contributed by atoms with Crippen LogP contribution in [-0.2, 0) is 0 Å². The van der Waals surface area contributed by atoms with Crippen molar-refractivity contribution in [3.8, 4) is 22.5 Å². The third-order valence-corrected chi connectivity index (χ3v) is 12.4. The van der Waals surface area contributed by atoms with Gasteiger partial charge in [-0.2, -0.15) is 0 Å². The molecule has 1 atom stereocenters. The summed E-state index contributed by atoms with van der Waals surface area (Å²) >= 11 is 20.1. The molecule has 2 amide bonds. The lowest BCUT2D eigenvalue weighted by molar-refractivity contribution is 0.0827. The molecule has 3 aliphatic rings. The lowest BCUT2D eigenvalue weighted by atomic mass is 9.87. The van der Waals surface area contributed by atoms with Crippen molar-refractivity contribution in [2.24, 2.45) is 5.92 Å². The molecule has 6 aromatic rings. The van der Waals surface area contributed by atoms with E-state index in [0.717, 1.165) is 77.8 Å². The maximum absolute atomic E-state index is 14.9. The van der Waals surface area contributed by atoms with Crippen molar-refractivity contribution >= 4 is 68.9 Å². The molecule has 0 bridgehead atoms. The van der Waals surface area contributed by atoms with E-state index in [2.05, 4.69) is 24.7 Å². The number of aromatic amines is 1. The predicted octanol–water partition coefficient (Wildman–Crippen LogP) is 9.88. The number of imidazole rings is 1. The van der Waals surface area contributed by atoms with Gasteiger partial charge in [0.05, 0.1) is 35.1 Å². The Morgan fingerprint density at radius 1 is 0.875 bits per heavy atom. The predicted molar refractivity (Wildman–Crippen MR) is 227 cm³/mol. The molecule has 0 unspecified atom stereocenters. The van der Waals surface area contributed by atoms with Gasteiger partial charge in [0, 0.05) is 89.5 Å². The van der Waals surface area contributed by atoms with Crippen molar-refractivity contribution in [2.45, 2.75) is 31.7 Å². The number of benzene rings is 4. The van der Waals surface area contributed by atoms with Crippen molar-refractivity contribution in [1.82, 2.24) is 24.3 Å². The number of piperazine rings is 1. The molecule has 9 rings (SSSR count). The Morgan fingerprint density at radius 3 is 2.38 bits per heavy atom. The van der Waals surface area contributed by atoms with Crippen LogP contribution in [0, 0.1) is 5.92 Å². The summed E-state index contributed by atoms with van der Waals surface area (Å²) in [5, 5.41) is 5.68. The number of nitrogens with one attached hydrogen (secondary N) is 2. The molecule has 56 heavy (non-hydrogen) atoms. The Balaban J connectivity index is 1.15. The minimum Gasteiger partial charge on any atom is -0.367 e. The molecule has 1 aliphatic carbocycles. The number of fused-ring (bicyclic) bond motifs is 2. The quantitative estimate of drug-likeness (QED) is 0.160. The van der Waals surface area contributed by atoms with Crippen molar-refractivity contribution < 1.29 is 9.59 Å². The highest BCUT2D eigenvalue weighted by Crippen LogP contribution is 2.51. The van der Waals surface area contributed by atoms with Crippen LogP contribution in [0.1, 0.15) is 63.7 Å². The fourth-order valence-electron chi connectivity index (χ4n) is 8.97. The molecule has 2 fully saturated rings. The van der Waals surface area contributed by atoms with Gasteiger partial charge in [-0.1, -0.05) is 84.0 Å². The maximum Gasteiger partial charge on any atom is 0.272 e. The molecule has 4 heterocycles. The zero-order valence-corrected chi connectivity index (χ0v) is 33.6. The smallest absolute Gasteiger partial charge is 0.272 e. The van der Waals surface area contributed by atoms with Crippen LogP contribution in [0.25, 0.3) is 33.4 Å². The minimum absolute atomic E-state index is 0.142. The van der Waals surface area contributed by atoms with Crippen molar-refractivity contribution in [3.05, 3.63) is 123 Å². The van der Waals surface area contributed by atoms with Gasteiger partial charge in [0.25, 0.3) is 11.8 Å². The van der Waals surface area contributed by atoms with Gasteiger partial charge in [-0.3, -0.25) is 14.5 Å². The number of aromatic nitrogens is 3. The summed E-state index contributed by atoms with van der Waals surface area (Å²) in [7, 11) is 3.46. The summed E-state index contributed by atoms with van der Waals surface area (Å²) < 4.78 is 2.07. The van der Waals surface area contributed by atoms with Gasteiger partial charge in [0.1, 0.15) is 5.69 Å². The van der Waals surface area contributed by atoms with Crippen LogP contribution in [0.2, 0.25) is 15.1 Å². The molecule has 9 nitrogen and oxygen atoms in total. The normalized spacial score (nSPS) is 17.0. The number of rotatable bonds is 8. The highest BCUT2D eigenvalue weighted by Gasteiger charge is 2.37. The summed E-state index contributed by atoms with van der Waals surface area (Å²) in [4.78, 5) is 43.1. The Hall–Kier alpha value is -4.80. The van der Waals surface area contributed by atoms with Crippen LogP contribution in [0.4, 0.5) is 11.4 Å². The molecule has 1 saturated heterocycles. The minimum atomic E-state index is -0.409. The van der Waals surface area contributed by atoms with Crippen LogP contribution in [-0.4, -0.2) is 83.0 Å². The number of anilines is 2. The standard InChI is InChI=1S/C44H42Cl3N7O2/c1-51(2)44(56)28-12-15-36(53-18-16-52(17-19-53)24-26-8-6-7-9-26)34(20-28)50-43(55)40-38-37-32(21-30(46)23-35(37)49-40)41(31-14-13-29(45)22-33(31)47)54-25-48-39(42(38)54)27-10-4-3-5-11-27/h3-5,10-15,20-23,25-26,41,49H,6-9,16-19,24H2,1-2H3,(H,50,55)/t41-/m1/s1. The molecule has 4 aromatic carbocycles. The highest BCUT2D eigenvalue weighted by molar-refractivity contribution is 6.35. The van der Waals surface area contributed by atoms with Crippen LogP contribution in [0.3, 0.4) is 0 Å². The summed E-state index contributed by atoms with van der Waals surface area (Å²) in [6.07, 6.45) is 7.13. The van der Waals surface area contributed by atoms with E-state index in [4.69, 9.17) is 39.8 Å². The second-order valence-corrected chi connectivity index (χ2v) is 16.7. The Morgan fingerprint density at radius 2 is 1.64 bits per heavy atom. The third-order valence-electron chi connectivity index (χ3n) is 11.6. The SMILES string of the molecule is CN(C)C(=O)c1ccc(N2CCN(CC3CCCC3)CC2)c(NC(=O)c2[nH]c3cc(Cl)cc4c3c2-c2c(-c3ccccc3)ncn2[C@@H]4c2ccc(Cl)cc2Cl)c1. The molecule has 286 valence electrons. The zero-order valence-electron chi connectivity index (χ0n) is 31.3. The van der Waals surface area contributed by atoms with Crippen LogP contribution in [0.5, 0.6) is 0 Å². The van der Waals surface area contributed by atoms with E-state index >= 15 is 0 Å². The van der Waals surface area contributed by atoms with Gasteiger partial charge >= 0.3 is 0 Å². The largest absolute Gasteiger partial charge is 0.367 e. The number of carbonyl (C=O) groups excluding carboxylic acids is 2. The van der Waals surface area contributed by atoms with Gasteiger partial charge in [-0.05, 0) is 72.4 Å². The molecule has 0 radical (unpaired) electrons. The van der Waals surface area contributed by atoms with Gasteiger partial charge in [-0.25, -0.2) is 4.98 Å². The second-order valence-electron chi connectivity index (χ2n) is 15.4. The van der Waals surface area contributed by atoms with E-state index < -0.39 is 6.04 Å². The van der Waals surface area contributed by atoms with Crippen LogP contribution >= 0.6 is 34.8 Å². The fourth-order valence-corrected chi connectivity index (χ4v) is 9.71. The molecular weight excluding hydrogens is 765 g/mol. The third kappa shape index (κ3) is 6.64. The number of H-pyrrole nitrogens is 1. The summed E-state index contributed by atoms with van der Waals surface area (Å²) in [5.41, 5.74) is 7.85. The Bertz CT molecular complexity index is 2480. The second kappa shape index (κ2) is 14.9. The van der Waals surface area contributed by atoms with Crippen LogP contribution in [0.15, 0.2) is 85.2 Å². The lowest BCUT2D eigenvalue weighted by Crippen LogP contribution is -2.47. The fraction of sp³-hybridized carbons (Fsp3) is 0.295. The van der Waals surface area contributed by atoms with Crippen molar-refractivity contribution in [3.63, 3.8) is 0 Å². The highest BCUT2D eigenvalue weighted by atomic mass is 35.5. The van der Waals surface area contributed by atoms with Gasteiger partial charge in [0.15, 0.2) is 0 Å². The average Bonchev–Trinajstić information content (AvgIpc) is 3.96. The Kier molecular flexibility index (Phi) is 9.82. The number of hydrogen-bond donors (Lipinski definition) is 2. The zero-order chi connectivity index (χ0) is 38.7. The topological polar surface area (TPSA) is 89.5 Å². The van der Waals surface area contributed by atoms with E-state index in [-0.39, 0.29) is 11.8 Å². The molecule has 2 aromatic heterocycles. The number of carbonyl (C=O) groups is 2. The van der Waals surface area contributed by atoms with Crippen LogP contribution < -0.4 is 10.2 Å². The van der Waals surface area contributed by atoms with Crippen molar-refractivity contribution in [1.29, 1.82) is 0 Å². The summed E-state index contributed by atoms with van der Waals surface area (Å²) in [6.45, 7) is 4.69. The first-order chi connectivity index (χ1) is 27.1. The molecule has 1 saturated carbocycles. The molecule has 2 N–H and O–H groups in total. The number of amides is 2. The van der Waals surface area contributed by atoms with E-state index in [1.807, 2.05) is 66.7 Å². The number of hydrogen-bond acceptors (Lipinski definition) is 5. The summed E-state index contributed by atoms with van der Waals surface area (Å²) in [6, 6.07) is 24.4. The Labute approximate surface area is 341 Å². The van der Waals surface area contributed by atoms with E-state index in [0.29, 0.717) is 43.1 Å². The van der Waals surface area contributed by atoms with Gasteiger partial charge in [-0.15, -0.1) is 0 Å². The number of halogens is 3.